The van der Waals surface area contributed by atoms with Crippen LogP contribution in [0.1, 0.15) is 51.3 Å². The van der Waals surface area contributed by atoms with Crippen LogP contribution in [0.3, 0.4) is 0 Å². The Bertz CT molecular complexity index is 2680. The molecule has 1 atom stereocenters. The van der Waals surface area contributed by atoms with Gasteiger partial charge in [0.15, 0.2) is 0 Å². The first kappa shape index (κ1) is 32.8. The number of para-hydroxylation sites is 1. The summed E-state index contributed by atoms with van der Waals surface area (Å²) >= 11 is 1.93. The maximum Gasteiger partial charge on any atom is 0.0490 e. The fourth-order valence-corrected chi connectivity index (χ4v) is 10.2. The molecule has 0 bridgehead atoms. The molecule has 2 heteroatoms. The third-order valence-electron chi connectivity index (χ3n) is 11.7. The third-order valence-corrected chi connectivity index (χ3v) is 13.0. The molecule has 0 fully saturated rings. The van der Waals surface area contributed by atoms with Crippen molar-refractivity contribution in [3.63, 3.8) is 0 Å². The topological polar surface area (TPSA) is 3.24 Å². The van der Waals surface area contributed by atoms with Crippen LogP contribution in [0.4, 0.5) is 17.1 Å². The molecule has 260 valence electrons. The number of rotatable bonds is 6. The van der Waals surface area contributed by atoms with E-state index in [2.05, 4.69) is 189 Å². The Morgan fingerprint density at radius 1 is 0.519 bits per heavy atom. The van der Waals surface area contributed by atoms with Crippen LogP contribution in [0.15, 0.2) is 174 Å². The maximum atomic E-state index is 2.42. The summed E-state index contributed by atoms with van der Waals surface area (Å²) < 4.78 is 0. The van der Waals surface area contributed by atoms with Crippen molar-refractivity contribution >= 4 is 34.4 Å². The average molecular weight is 712 g/mol. The molecule has 0 aromatic heterocycles. The van der Waals surface area contributed by atoms with Crippen molar-refractivity contribution in [2.24, 2.45) is 0 Å². The molecule has 0 N–H and O–H groups in total. The Hall–Kier alpha value is -5.83. The van der Waals surface area contributed by atoms with E-state index in [0.29, 0.717) is 5.92 Å². The van der Waals surface area contributed by atoms with Crippen LogP contribution in [0.5, 0.6) is 0 Å². The summed E-state index contributed by atoms with van der Waals surface area (Å²) in [6.07, 6.45) is 6.73. The fourth-order valence-electron chi connectivity index (χ4n) is 8.95. The molecular weight excluding hydrogens is 671 g/mol. The van der Waals surface area contributed by atoms with Crippen molar-refractivity contribution in [2.45, 2.75) is 44.4 Å². The number of nitrogens with zero attached hydrogens (tertiary/aromatic N) is 1. The van der Waals surface area contributed by atoms with Gasteiger partial charge in [0.1, 0.15) is 0 Å². The molecule has 3 aliphatic rings. The molecule has 0 radical (unpaired) electrons. The largest absolute Gasteiger partial charge is 0.310 e. The molecule has 1 nitrogen and oxygen atoms in total. The quantitative estimate of drug-likeness (QED) is 0.169. The highest BCUT2D eigenvalue weighted by Crippen LogP contribution is 2.54. The van der Waals surface area contributed by atoms with Crippen LogP contribution < -0.4 is 4.90 Å². The molecule has 0 saturated heterocycles. The van der Waals surface area contributed by atoms with Crippen LogP contribution in [-0.2, 0) is 6.42 Å². The van der Waals surface area contributed by atoms with Crippen molar-refractivity contribution in [2.75, 3.05) is 4.90 Å². The Kier molecular flexibility index (Phi) is 8.04. The lowest BCUT2D eigenvalue weighted by Crippen LogP contribution is -2.12. The highest BCUT2D eigenvalue weighted by molar-refractivity contribution is 8.03. The first-order valence-electron chi connectivity index (χ1n) is 19.1. The summed E-state index contributed by atoms with van der Waals surface area (Å²) in [6.45, 7) is 6.73. The summed E-state index contributed by atoms with van der Waals surface area (Å²) in [7, 11) is 0. The number of allylic oxidation sites excluding steroid dienone is 4. The molecule has 7 aromatic rings. The SMILES string of the molecule is Cc1cc(N(c2ccc(C3=CC=C4Sc5ccccc5C4C3)cc2)c2ccccc2C)ccc1-c1c(C)cccc1-c1ccc2c(c1)-c1ccccc1C2. The van der Waals surface area contributed by atoms with Crippen LogP contribution in [0.2, 0.25) is 0 Å². The van der Waals surface area contributed by atoms with Crippen LogP contribution in [0.25, 0.3) is 39.0 Å². The average Bonchev–Trinajstić information content (AvgIpc) is 3.77. The van der Waals surface area contributed by atoms with Gasteiger partial charge in [-0.05, 0) is 159 Å². The summed E-state index contributed by atoms with van der Waals surface area (Å²) in [6, 6.07) is 56.5. The van der Waals surface area contributed by atoms with E-state index in [1.165, 1.54) is 93.4 Å². The Morgan fingerprint density at radius 3 is 2.11 bits per heavy atom. The monoisotopic (exact) mass is 711 g/mol. The number of benzene rings is 7. The Labute approximate surface area is 323 Å². The smallest absolute Gasteiger partial charge is 0.0490 e. The lowest BCUT2D eigenvalue weighted by molar-refractivity contribution is 0.850. The molecule has 7 aromatic carbocycles. The van der Waals surface area contributed by atoms with Gasteiger partial charge >= 0.3 is 0 Å². The zero-order valence-electron chi connectivity index (χ0n) is 30.9. The summed E-state index contributed by atoms with van der Waals surface area (Å²) in [5.74, 6) is 0.462. The van der Waals surface area contributed by atoms with Gasteiger partial charge in [-0.25, -0.2) is 0 Å². The predicted molar refractivity (Wildman–Crippen MR) is 230 cm³/mol. The van der Waals surface area contributed by atoms with Crippen molar-refractivity contribution in [1.82, 2.24) is 0 Å². The van der Waals surface area contributed by atoms with Gasteiger partial charge in [-0.3, -0.25) is 0 Å². The Morgan fingerprint density at radius 2 is 1.24 bits per heavy atom. The molecule has 54 heavy (non-hydrogen) atoms. The van der Waals surface area contributed by atoms with Crippen molar-refractivity contribution in [1.29, 1.82) is 0 Å². The number of anilines is 3. The van der Waals surface area contributed by atoms with Gasteiger partial charge in [0.05, 0.1) is 0 Å². The molecule has 0 amide bonds. The second kappa shape index (κ2) is 13.2. The number of thioether (sulfide) groups is 1. The standard InChI is InChI=1S/C52H41NS/c1-33-11-4-8-17-49(33)53(41-24-21-36(22-25-41)37-23-28-51-48(31-37)46-15-7-9-18-50(46)54-51)42-26-27-43(35(3)29-42)52-34(2)12-10-16-45(52)40-20-19-39-30-38-13-5-6-14-44(38)47(39)32-40/h4-29,32,48H,30-31H2,1-3H3. The van der Waals surface area contributed by atoms with E-state index in [-0.39, 0.29) is 0 Å². The molecule has 2 aliphatic carbocycles. The van der Waals surface area contributed by atoms with Crippen molar-refractivity contribution in [3.05, 3.63) is 208 Å². The zero-order valence-corrected chi connectivity index (χ0v) is 31.8. The third kappa shape index (κ3) is 5.56. The van der Waals surface area contributed by atoms with Gasteiger partial charge in [-0.15, -0.1) is 0 Å². The lowest BCUT2D eigenvalue weighted by atomic mass is 9.85. The molecule has 1 heterocycles. The minimum Gasteiger partial charge on any atom is -0.310 e. The fraction of sp³-hybridized carbons (Fsp3) is 0.115. The molecule has 0 spiro atoms. The van der Waals surface area contributed by atoms with Crippen molar-refractivity contribution < 1.29 is 0 Å². The van der Waals surface area contributed by atoms with Crippen LogP contribution in [0, 0.1) is 20.8 Å². The second-order valence-electron chi connectivity index (χ2n) is 15.0. The molecular formula is C52H41NS. The number of aryl methyl sites for hydroxylation is 3. The number of hydrogen-bond acceptors (Lipinski definition) is 2. The normalized spacial score (nSPS) is 15.1. The molecule has 1 unspecified atom stereocenters. The summed E-state index contributed by atoms with van der Waals surface area (Å²) in [4.78, 5) is 5.29. The van der Waals surface area contributed by atoms with E-state index in [1.54, 1.807) is 0 Å². The van der Waals surface area contributed by atoms with Crippen LogP contribution >= 0.6 is 11.8 Å². The van der Waals surface area contributed by atoms with Gasteiger partial charge in [0.2, 0.25) is 0 Å². The molecule has 10 rings (SSSR count). The minimum absolute atomic E-state index is 0.462. The van der Waals surface area contributed by atoms with Gasteiger partial charge < -0.3 is 4.90 Å². The predicted octanol–water partition coefficient (Wildman–Crippen LogP) is 14.5. The molecule has 1 aliphatic heterocycles. The van der Waals surface area contributed by atoms with E-state index in [9.17, 15) is 0 Å². The van der Waals surface area contributed by atoms with E-state index in [0.717, 1.165) is 24.2 Å². The summed E-state index contributed by atoms with van der Waals surface area (Å²) in [5, 5.41) is 0. The van der Waals surface area contributed by atoms with E-state index in [4.69, 9.17) is 0 Å². The second-order valence-corrected chi connectivity index (χ2v) is 16.1. The highest BCUT2D eigenvalue weighted by atomic mass is 32.2. The number of hydrogen-bond donors (Lipinski definition) is 0. The molecule has 0 saturated carbocycles. The van der Waals surface area contributed by atoms with Crippen molar-refractivity contribution in [3.8, 4) is 33.4 Å². The van der Waals surface area contributed by atoms with Gasteiger partial charge in [-0.2, -0.15) is 0 Å². The van der Waals surface area contributed by atoms with E-state index >= 15 is 0 Å². The van der Waals surface area contributed by atoms with Gasteiger partial charge in [0, 0.05) is 27.9 Å². The summed E-state index contributed by atoms with van der Waals surface area (Å²) in [5.41, 5.74) is 22.2. The van der Waals surface area contributed by atoms with Gasteiger partial charge in [0.25, 0.3) is 0 Å². The highest BCUT2D eigenvalue weighted by Gasteiger charge is 2.30. The lowest BCUT2D eigenvalue weighted by Gasteiger charge is -2.28. The Balaban J connectivity index is 1.01. The van der Waals surface area contributed by atoms with E-state index in [1.807, 2.05) is 11.8 Å². The number of fused-ring (bicyclic) bond motifs is 6. The van der Waals surface area contributed by atoms with Gasteiger partial charge in [-0.1, -0.05) is 133 Å². The zero-order chi connectivity index (χ0) is 36.3. The first-order chi connectivity index (χ1) is 26.5. The van der Waals surface area contributed by atoms with Crippen LogP contribution in [-0.4, -0.2) is 0 Å². The van der Waals surface area contributed by atoms with E-state index < -0.39 is 0 Å². The maximum absolute atomic E-state index is 2.42. The minimum atomic E-state index is 0.462. The first-order valence-corrected chi connectivity index (χ1v) is 19.9.